The van der Waals surface area contributed by atoms with Gasteiger partial charge < -0.3 is 15.0 Å². The third-order valence-corrected chi connectivity index (χ3v) is 4.12. The number of imidazole rings is 1. The predicted octanol–water partition coefficient (Wildman–Crippen LogP) is 2.15. The van der Waals surface area contributed by atoms with E-state index in [1.165, 1.54) is 5.56 Å². The van der Waals surface area contributed by atoms with Gasteiger partial charge in [0.25, 0.3) is 5.91 Å². The molecule has 5 heteroatoms. The van der Waals surface area contributed by atoms with Gasteiger partial charge in [0.2, 0.25) is 0 Å². The van der Waals surface area contributed by atoms with Gasteiger partial charge in [-0.05, 0) is 37.3 Å². The SMILES string of the molecule is O=C1NCCCc2[nH]c([C@@H]3CCc4ccccc4O3)nc21. The van der Waals surface area contributed by atoms with Crippen LogP contribution >= 0.6 is 0 Å². The molecule has 108 valence electrons. The van der Waals surface area contributed by atoms with E-state index in [9.17, 15) is 4.79 Å². The minimum absolute atomic E-state index is 0.0822. The van der Waals surface area contributed by atoms with E-state index in [0.29, 0.717) is 12.2 Å². The zero-order chi connectivity index (χ0) is 14.2. The third kappa shape index (κ3) is 2.18. The second-order valence-corrected chi connectivity index (χ2v) is 5.56. The van der Waals surface area contributed by atoms with E-state index in [1.54, 1.807) is 0 Å². The summed E-state index contributed by atoms with van der Waals surface area (Å²) in [5, 5.41) is 2.87. The van der Waals surface area contributed by atoms with Gasteiger partial charge in [0, 0.05) is 12.2 Å². The standard InChI is InChI=1S/C16H17N3O2/c20-16-14-11(5-3-9-17-16)18-15(19-14)13-8-7-10-4-1-2-6-12(10)21-13/h1-2,4,6,13H,3,5,7-9H2,(H,17,20)(H,18,19)/t13-/m0/s1. The lowest BCUT2D eigenvalue weighted by molar-refractivity contribution is 0.0951. The van der Waals surface area contributed by atoms with E-state index in [2.05, 4.69) is 21.4 Å². The van der Waals surface area contributed by atoms with Gasteiger partial charge in [0.05, 0.1) is 0 Å². The summed E-state index contributed by atoms with van der Waals surface area (Å²) in [6.45, 7) is 0.714. The molecule has 1 aromatic heterocycles. The highest BCUT2D eigenvalue weighted by Crippen LogP contribution is 2.34. The van der Waals surface area contributed by atoms with E-state index in [-0.39, 0.29) is 12.0 Å². The van der Waals surface area contributed by atoms with Gasteiger partial charge in [-0.15, -0.1) is 0 Å². The largest absolute Gasteiger partial charge is 0.482 e. The number of hydrogen-bond acceptors (Lipinski definition) is 3. The molecular formula is C16H17N3O2. The van der Waals surface area contributed by atoms with Crippen molar-refractivity contribution in [2.45, 2.75) is 31.8 Å². The van der Waals surface area contributed by atoms with Gasteiger partial charge in [-0.25, -0.2) is 4.98 Å². The number of fused-ring (bicyclic) bond motifs is 2. The molecule has 2 aliphatic heterocycles. The quantitative estimate of drug-likeness (QED) is 0.842. The number of carbonyl (C=O) groups is 1. The number of carbonyl (C=O) groups excluding carboxylic acids is 1. The van der Waals surface area contributed by atoms with Crippen LogP contribution in [0.2, 0.25) is 0 Å². The van der Waals surface area contributed by atoms with Gasteiger partial charge in [-0.3, -0.25) is 4.79 Å². The van der Waals surface area contributed by atoms with Crippen LogP contribution in [0.4, 0.5) is 0 Å². The molecule has 2 N–H and O–H groups in total. The maximum absolute atomic E-state index is 12.0. The number of aryl methyl sites for hydroxylation is 2. The van der Waals surface area contributed by atoms with Crippen LogP contribution in [0.1, 0.15) is 46.5 Å². The Kier molecular flexibility index (Phi) is 2.91. The highest BCUT2D eigenvalue weighted by Gasteiger charge is 2.27. The summed E-state index contributed by atoms with van der Waals surface area (Å²) in [5.74, 6) is 1.61. The summed E-state index contributed by atoms with van der Waals surface area (Å²) in [6, 6.07) is 8.09. The first-order chi connectivity index (χ1) is 10.3. The Balaban J connectivity index is 1.64. The topological polar surface area (TPSA) is 67.0 Å². The second-order valence-electron chi connectivity index (χ2n) is 5.56. The fourth-order valence-electron chi connectivity index (χ4n) is 3.02. The number of hydrogen-bond donors (Lipinski definition) is 2. The lowest BCUT2D eigenvalue weighted by Gasteiger charge is -2.24. The molecule has 0 saturated heterocycles. The Hall–Kier alpha value is -2.30. The van der Waals surface area contributed by atoms with Crippen LogP contribution in [-0.4, -0.2) is 22.4 Å². The van der Waals surface area contributed by atoms with Crippen LogP contribution in [0.15, 0.2) is 24.3 Å². The fourth-order valence-corrected chi connectivity index (χ4v) is 3.02. The smallest absolute Gasteiger partial charge is 0.271 e. The van der Waals surface area contributed by atoms with E-state index in [4.69, 9.17) is 4.74 Å². The molecule has 4 rings (SSSR count). The molecule has 0 aliphatic carbocycles. The summed E-state index contributed by atoms with van der Waals surface area (Å²) >= 11 is 0. The molecule has 1 atom stereocenters. The fraction of sp³-hybridized carbons (Fsp3) is 0.375. The monoisotopic (exact) mass is 283 g/mol. The minimum atomic E-state index is -0.0976. The lowest BCUT2D eigenvalue weighted by Crippen LogP contribution is -2.23. The number of rotatable bonds is 1. The van der Waals surface area contributed by atoms with Gasteiger partial charge in [0.1, 0.15) is 17.3 Å². The first kappa shape index (κ1) is 12.4. The third-order valence-electron chi connectivity index (χ3n) is 4.12. The van der Waals surface area contributed by atoms with Gasteiger partial charge in [-0.1, -0.05) is 18.2 Å². The Morgan fingerprint density at radius 1 is 1.24 bits per heavy atom. The van der Waals surface area contributed by atoms with Crippen LogP contribution in [0.5, 0.6) is 5.75 Å². The van der Waals surface area contributed by atoms with Crippen molar-refractivity contribution in [2.24, 2.45) is 0 Å². The maximum atomic E-state index is 12.0. The molecule has 0 bridgehead atoms. The van der Waals surface area contributed by atoms with Crippen molar-refractivity contribution in [3.63, 3.8) is 0 Å². The molecule has 2 aliphatic rings. The summed E-state index contributed by atoms with van der Waals surface area (Å²) in [5.41, 5.74) is 2.70. The van der Waals surface area contributed by atoms with Crippen LogP contribution in [0.3, 0.4) is 0 Å². The summed E-state index contributed by atoms with van der Waals surface area (Å²) in [7, 11) is 0. The van der Waals surface area contributed by atoms with Crippen LogP contribution in [0, 0.1) is 0 Å². The molecule has 0 saturated carbocycles. The maximum Gasteiger partial charge on any atom is 0.271 e. The summed E-state index contributed by atoms with van der Waals surface area (Å²) < 4.78 is 6.04. The van der Waals surface area contributed by atoms with Crippen molar-refractivity contribution >= 4 is 5.91 Å². The molecular weight excluding hydrogens is 266 g/mol. The van der Waals surface area contributed by atoms with Crippen LogP contribution < -0.4 is 10.1 Å². The Morgan fingerprint density at radius 2 is 2.14 bits per heavy atom. The van der Waals surface area contributed by atoms with Gasteiger partial charge in [-0.2, -0.15) is 0 Å². The number of amides is 1. The molecule has 2 aromatic rings. The van der Waals surface area contributed by atoms with E-state index >= 15 is 0 Å². The molecule has 0 unspecified atom stereocenters. The molecule has 3 heterocycles. The number of H-pyrrole nitrogens is 1. The zero-order valence-corrected chi connectivity index (χ0v) is 11.7. The molecule has 21 heavy (non-hydrogen) atoms. The number of nitrogens with zero attached hydrogens (tertiary/aromatic N) is 1. The van der Waals surface area contributed by atoms with Gasteiger partial charge in [0.15, 0.2) is 6.10 Å². The first-order valence-corrected chi connectivity index (χ1v) is 7.43. The lowest BCUT2D eigenvalue weighted by atomic mass is 10.0. The molecule has 1 aromatic carbocycles. The number of benzene rings is 1. The number of aromatic amines is 1. The van der Waals surface area contributed by atoms with Gasteiger partial charge >= 0.3 is 0 Å². The highest BCUT2D eigenvalue weighted by molar-refractivity contribution is 5.93. The summed E-state index contributed by atoms with van der Waals surface area (Å²) in [4.78, 5) is 19.8. The van der Waals surface area contributed by atoms with Crippen molar-refractivity contribution in [3.05, 3.63) is 47.0 Å². The van der Waals surface area contributed by atoms with Crippen LogP contribution in [0.25, 0.3) is 0 Å². The van der Waals surface area contributed by atoms with E-state index < -0.39 is 0 Å². The number of aromatic nitrogens is 2. The Labute approximate surface area is 122 Å². The van der Waals surface area contributed by atoms with Crippen molar-refractivity contribution in [1.82, 2.24) is 15.3 Å². The Morgan fingerprint density at radius 3 is 3.10 bits per heavy atom. The number of ether oxygens (including phenoxy) is 1. The molecule has 0 radical (unpaired) electrons. The average Bonchev–Trinajstić information content (AvgIpc) is 2.88. The first-order valence-electron chi connectivity index (χ1n) is 7.43. The average molecular weight is 283 g/mol. The molecule has 0 fully saturated rings. The second kappa shape index (κ2) is 4.91. The van der Waals surface area contributed by atoms with Crippen molar-refractivity contribution in [2.75, 3.05) is 6.54 Å². The normalized spacial score (nSPS) is 20.8. The molecule has 0 spiro atoms. The van der Waals surface area contributed by atoms with E-state index in [0.717, 1.165) is 43.0 Å². The highest BCUT2D eigenvalue weighted by atomic mass is 16.5. The van der Waals surface area contributed by atoms with Crippen molar-refractivity contribution in [3.8, 4) is 5.75 Å². The molecule has 1 amide bonds. The number of nitrogens with one attached hydrogen (secondary N) is 2. The summed E-state index contributed by atoms with van der Waals surface area (Å²) in [6.07, 6.45) is 3.54. The number of para-hydroxylation sites is 1. The van der Waals surface area contributed by atoms with Crippen molar-refractivity contribution in [1.29, 1.82) is 0 Å². The predicted molar refractivity (Wildman–Crippen MR) is 77.4 cm³/mol. The zero-order valence-electron chi connectivity index (χ0n) is 11.7. The van der Waals surface area contributed by atoms with Crippen molar-refractivity contribution < 1.29 is 9.53 Å². The van der Waals surface area contributed by atoms with Crippen LogP contribution in [-0.2, 0) is 12.8 Å². The van der Waals surface area contributed by atoms with E-state index in [1.807, 2.05) is 18.2 Å². The Bertz CT molecular complexity index is 693. The minimum Gasteiger partial charge on any atom is -0.482 e. The molecule has 5 nitrogen and oxygen atoms in total.